The number of carbonyl (C=O) groups excluding carboxylic acids is 1. The van der Waals surface area contributed by atoms with Gasteiger partial charge in [-0.2, -0.15) is 0 Å². The number of hydrogen-bond donors (Lipinski definition) is 1. The summed E-state index contributed by atoms with van der Waals surface area (Å²) in [4.78, 5) is 11.0. The van der Waals surface area contributed by atoms with Crippen LogP contribution >= 0.6 is 11.6 Å². The summed E-state index contributed by atoms with van der Waals surface area (Å²) in [6.07, 6.45) is 2.11. The van der Waals surface area contributed by atoms with E-state index in [-0.39, 0.29) is 11.8 Å². The molecule has 2 rings (SSSR count). The molecule has 0 atom stereocenters. The Morgan fingerprint density at radius 2 is 2.38 bits per heavy atom. The maximum atomic E-state index is 11.0. The van der Waals surface area contributed by atoms with Crippen molar-refractivity contribution in [1.82, 2.24) is 5.32 Å². The predicted octanol–water partition coefficient (Wildman–Crippen LogP) is 1.87. The number of rotatable bonds is 3. The first-order valence-electron chi connectivity index (χ1n) is 5.37. The van der Waals surface area contributed by atoms with Gasteiger partial charge in [0.15, 0.2) is 0 Å². The topological polar surface area (TPSA) is 38.3 Å². The Bertz CT molecular complexity index is 393. The zero-order valence-corrected chi connectivity index (χ0v) is 9.72. The number of hydrogen-bond acceptors (Lipinski definition) is 2. The summed E-state index contributed by atoms with van der Waals surface area (Å²) < 4.78 is 5.52. The number of amides is 1. The maximum absolute atomic E-state index is 11.0. The number of benzene rings is 1. The fourth-order valence-corrected chi connectivity index (χ4v) is 1.87. The number of aryl methyl sites for hydroxylation is 1. The number of fused-ring (bicyclic) bond motifs is 1. The molecule has 0 spiro atoms. The van der Waals surface area contributed by atoms with Gasteiger partial charge in [0.25, 0.3) is 0 Å². The van der Waals surface area contributed by atoms with Crippen molar-refractivity contribution in [3.8, 4) is 5.75 Å². The van der Waals surface area contributed by atoms with Crippen LogP contribution < -0.4 is 10.1 Å². The van der Waals surface area contributed by atoms with Crippen LogP contribution in [0.4, 0.5) is 0 Å². The van der Waals surface area contributed by atoms with Crippen LogP contribution in [0.25, 0.3) is 0 Å². The van der Waals surface area contributed by atoms with Crippen molar-refractivity contribution in [2.75, 3.05) is 12.5 Å². The smallest absolute Gasteiger partial charge is 0.235 e. The maximum Gasteiger partial charge on any atom is 0.235 e. The Hall–Kier alpha value is -1.22. The zero-order valence-electron chi connectivity index (χ0n) is 8.96. The van der Waals surface area contributed by atoms with Crippen LogP contribution in [0.1, 0.15) is 17.5 Å². The molecule has 1 aliphatic rings. The van der Waals surface area contributed by atoms with E-state index in [0.29, 0.717) is 6.54 Å². The third-order valence-corrected chi connectivity index (χ3v) is 2.83. The number of carbonyl (C=O) groups is 1. The van der Waals surface area contributed by atoms with E-state index in [1.807, 2.05) is 12.1 Å². The van der Waals surface area contributed by atoms with Gasteiger partial charge in [-0.15, -0.1) is 11.6 Å². The Labute approximate surface area is 99.7 Å². The predicted molar refractivity (Wildman–Crippen MR) is 62.8 cm³/mol. The molecule has 4 heteroatoms. The molecule has 1 aromatic carbocycles. The van der Waals surface area contributed by atoms with E-state index in [9.17, 15) is 4.79 Å². The van der Waals surface area contributed by atoms with Gasteiger partial charge >= 0.3 is 0 Å². The Kier molecular flexibility index (Phi) is 3.67. The summed E-state index contributed by atoms with van der Waals surface area (Å²) in [7, 11) is 0. The third kappa shape index (κ3) is 2.67. The van der Waals surface area contributed by atoms with Crippen LogP contribution in [0.2, 0.25) is 0 Å². The Morgan fingerprint density at radius 1 is 1.50 bits per heavy atom. The molecule has 3 nitrogen and oxygen atoms in total. The molecule has 0 fully saturated rings. The van der Waals surface area contributed by atoms with Gasteiger partial charge in [-0.05, 0) is 30.0 Å². The highest BCUT2D eigenvalue weighted by Crippen LogP contribution is 2.25. The molecule has 0 saturated carbocycles. The van der Waals surface area contributed by atoms with Gasteiger partial charge in [-0.3, -0.25) is 4.79 Å². The van der Waals surface area contributed by atoms with Crippen LogP contribution in [0.5, 0.6) is 5.75 Å². The van der Waals surface area contributed by atoms with E-state index in [0.717, 1.165) is 30.8 Å². The van der Waals surface area contributed by atoms with Crippen molar-refractivity contribution in [2.24, 2.45) is 0 Å². The second-order valence-corrected chi connectivity index (χ2v) is 4.07. The minimum atomic E-state index is -0.143. The van der Waals surface area contributed by atoms with Gasteiger partial charge in [-0.1, -0.05) is 12.1 Å². The second kappa shape index (κ2) is 5.21. The van der Waals surface area contributed by atoms with Crippen molar-refractivity contribution < 1.29 is 9.53 Å². The molecule has 0 aromatic heterocycles. The molecule has 1 amide bonds. The van der Waals surface area contributed by atoms with Gasteiger partial charge in [0.2, 0.25) is 5.91 Å². The van der Waals surface area contributed by atoms with Gasteiger partial charge in [-0.25, -0.2) is 0 Å². The minimum Gasteiger partial charge on any atom is -0.493 e. The quantitative estimate of drug-likeness (QED) is 0.818. The molecule has 0 bridgehead atoms. The molecule has 0 radical (unpaired) electrons. The number of alkyl halides is 1. The largest absolute Gasteiger partial charge is 0.493 e. The molecule has 0 saturated heterocycles. The van der Waals surface area contributed by atoms with Crippen LogP contribution in [-0.4, -0.2) is 18.4 Å². The van der Waals surface area contributed by atoms with Crippen molar-refractivity contribution in [2.45, 2.75) is 19.4 Å². The normalized spacial score (nSPS) is 13.8. The lowest BCUT2D eigenvalue weighted by Gasteiger charge is -2.17. The van der Waals surface area contributed by atoms with Crippen LogP contribution in [0, 0.1) is 0 Å². The van der Waals surface area contributed by atoms with Crippen molar-refractivity contribution in [1.29, 1.82) is 0 Å². The fraction of sp³-hybridized carbons (Fsp3) is 0.417. The molecular weight excluding hydrogens is 226 g/mol. The van der Waals surface area contributed by atoms with Gasteiger partial charge in [0.05, 0.1) is 6.61 Å². The average molecular weight is 240 g/mol. The lowest BCUT2D eigenvalue weighted by Crippen LogP contribution is -2.23. The van der Waals surface area contributed by atoms with Crippen LogP contribution in [0.15, 0.2) is 18.2 Å². The summed E-state index contributed by atoms with van der Waals surface area (Å²) in [6, 6.07) is 6.03. The SMILES string of the molecule is O=C(CCl)NCc1ccc2c(c1)CCCO2. The first-order chi connectivity index (χ1) is 7.79. The van der Waals surface area contributed by atoms with Gasteiger partial charge in [0.1, 0.15) is 11.6 Å². The molecule has 1 heterocycles. The van der Waals surface area contributed by atoms with E-state index in [2.05, 4.69) is 11.4 Å². The summed E-state index contributed by atoms with van der Waals surface area (Å²) in [5.41, 5.74) is 2.31. The summed E-state index contributed by atoms with van der Waals surface area (Å²) in [6.45, 7) is 1.33. The molecule has 16 heavy (non-hydrogen) atoms. The Morgan fingerprint density at radius 3 is 3.19 bits per heavy atom. The van der Waals surface area contributed by atoms with Crippen LogP contribution in [-0.2, 0) is 17.8 Å². The number of nitrogens with one attached hydrogen (secondary N) is 1. The van der Waals surface area contributed by atoms with Gasteiger partial charge in [0, 0.05) is 6.54 Å². The number of ether oxygens (including phenoxy) is 1. The fourth-order valence-electron chi connectivity index (χ4n) is 1.77. The molecule has 86 valence electrons. The monoisotopic (exact) mass is 239 g/mol. The van der Waals surface area contributed by atoms with E-state index >= 15 is 0 Å². The standard InChI is InChI=1S/C12H14ClNO2/c13-7-12(15)14-8-9-3-4-11-10(6-9)2-1-5-16-11/h3-4,6H,1-2,5,7-8H2,(H,14,15). The van der Waals surface area contributed by atoms with E-state index in [1.165, 1.54) is 5.56 Å². The van der Waals surface area contributed by atoms with E-state index < -0.39 is 0 Å². The molecule has 0 unspecified atom stereocenters. The average Bonchev–Trinajstić information content (AvgIpc) is 2.35. The highest BCUT2D eigenvalue weighted by Gasteiger charge is 2.10. The first-order valence-corrected chi connectivity index (χ1v) is 5.90. The van der Waals surface area contributed by atoms with E-state index in [4.69, 9.17) is 16.3 Å². The highest BCUT2D eigenvalue weighted by atomic mass is 35.5. The van der Waals surface area contributed by atoms with Crippen molar-refractivity contribution >= 4 is 17.5 Å². The van der Waals surface area contributed by atoms with E-state index in [1.54, 1.807) is 0 Å². The molecule has 1 aromatic rings. The summed E-state index contributed by atoms with van der Waals surface area (Å²) in [5, 5.41) is 2.74. The lowest BCUT2D eigenvalue weighted by molar-refractivity contribution is -0.118. The molecule has 0 aliphatic carbocycles. The third-order valence-electron chi connectivity index (χ3n) is 2.58. The first kappa shape index (κ1) is 11.3. The van der Waals surface area contributed by atoms with Crippen molar-refractivity contribution in [3.05, 3.63) is 29.3 Å². The number of halogens is 1. The molecule has 1 N–H and O–H groups in total. The van der Waals surface area contributed by atoms with Crippen LogP contribution in [0.3, 0.4) is 0 Å². The summed E-state index contributed by atoms with van der Waals surface area (Å²) >= 11 is 5.40. The summed E-state index contributed by atoms with van der Waals surface area (Å²) in [5.74, 6) is 0.836. The second-order valence-electron chi connectivity index (χ2n) is 3.80. The van der Waals surface area contributed by atoms with Crippen molar-refractivity contribution in [3.63, 3.8) is 0 Å². The Balaban J connectivity index is 2.03. The van der Waals surface area contributed by atoms with Gasteiger partial charge < -0.3 is 10.1 Å². The minimum absolute atomic E-state index is 0.00799. The molecular formula is C12H14ClNO2. The molecule has 1 aliphatic heterocycles. The lowest BCUT2D eigenvalue weighted by atomic mass is 10.0. The highest BCUT2D eigenvalue weighted by molar-refractivity contribution is 6.27. The zero-order chi connectivity index (χ0) is 11.4.